The van der Waals surface area contributed by atoms with Crippen molar-refractivity contribution in [2.24, 2.45) is 11.1 Å². The number of amides is 1. The molecule has 1 aromatic heterocycles. The summed E-state index contributed by atoms with van der Waals surface area (Å²) in [6.07, 6.45) is 2.50. The molecule has 1 aliphatic carbocycles. The predicted octanol–water partition coefficient (Wildman–Crippen LogP) is 0.0113. The molecule has 0 atom stereocenters. The second kappa shape index (κ2) is 6.00. The van der Waals surface area contributed by atoms with Crippen LogP contribution in [0.4, 0.5) is 0 Å². The number of primary sulfonamides is 1. The summed E-state index contributed by atoms with van der Waals surface area (Å²) in [6, 6.07) is 3.11. The van der Waals surface area contributed by atoms with Gasteiger partial charge in [-0.05, 0) is 37.4 Å². The standard InChI is InChI=1S/C11H17N3O3S2/c12-19(16,17)11-4-3-9(18-11)6-14-10(15)7-13-5-8-1-2-8/h3-4,8,13H,1-2,5-7H2,(H,14,15)(H2,12,16,17). The minimum absolute atomic E-state index is 0.0915. The van der Waals surface area contributed by atoms with Gasteiger partial charge in [0.15, 0.2) is 0 Å². The van der Waals surface area contributed by atoms with Crippen LogP contribution in [0.15, 0.2) is 16.3 Å². The summed E-state index contributed by atoms with van der Waals surface area (Å²) in [5, 5.41) is 10.8. The number of rotatable bonds is 7. The summed E-state index contributed by atoms with van der Waals surface area (Å²) in [5.41, 5.74) is 0. The third-order valence-electron chi connectivity index (χ3n) is 2.79. The molecule has 2 rings (SSSR count). The molecule has 1 amide bonds. The highest BCUT2D eigenvalue weighted by Gasteiger charge is 2.20. The Balaban J connectivity index is 1.71. The zero-order chi connectivity index (χ0) is 13.9. The normalized spacial score (nSPS) is 15.4. The van der Waals surface area contributed by atoms with Crippen LogP contribution in [0, 0.1) is 5.92 Å². The zero-order valence-electron chi connectivity index (χ0n) is 10.4. The molecule has 1 aliphatic rings. The Bertz CT molecular complexity index is 549. The molecule has 0 aromatic carbocycles. The van der Waals surface area contributed by atoms with Crippen LogP contribution >= 0.6 is 11.3 Å². The number of nitrogens with two attached hydrogens (primary N) is 1. The Morgan fingerprint density at radius 2 is 2.16 bits per heavy atom. The summed E-state index contributed by atoms with van der Waals surface area (Å²) in [4.78, 5) is 12.3. The van der Waals surface area contributed by atoms with Gasteiger partial charge in [0.1, 0.15) is 4.21 Å². The average molecular weight is 303 g/mol. The molecule has 106 valence electrons. The highest BCUT2D eigenvalue weighted by Crippen LogP contribution is 2.27. The lowest BCUT2D eigenvalue weighted by Gasteiger charge is -2.04. The highest BCUT2D eigenvalue weighted by atomic mass is 32.2. The Morgan fingerprint density at radius 1 is 1.42 bits per heavy atom. The van der Waals surface area contributed by atoms with Crippen molar-refractivity contribution >= 4 is 27.3 Å². The molecule has 1 heterocycles. The molecule has 1 fully saturated rings. The van der Waals surface area contributed by atoms with Crippen molar-refractivity contribution in [2.45, 2.75) is 23.6 Å². The van der Waals surface area contributed by atoms with Crippen molar-refractivity contribution in [1.82, 2.24) is 10.6 Å². The summed E-state index contributed by atoms with van der Waals surface area (Å²) >= 11 is 1.07. The van der Waals surface area contributed by atoms with Gasteiger partial charge >= 0.3 is 0 Å². The average Bonchev–Trinajstić information content (AvgIpc) is 3.01. The highest BCUT2D eigenvalue weighted by molar-refractivity contribution is 7.91. The second-order valence-electron chi connectivity index (χ2n) is 4.62. The molecule has 0 aliphatic heterocycles. The first-order valence-corrected chi connectivity index (χ1v) is 8.40. The number of sulfonamides is 1. The van der Waals surface area contributed by atoms with Gasteiger partial charge in [-0.2, -0.15) is 0 Å². The van der Waals surface area contributed by atoms with Crippen LogP contribution in [-0.4, -0.2) is 27.4 Å². The van der Waals surface area contributed by atoms with E-state index in [1.807, 2.05) is 0 Å². The molecule has 19 heavy (non-hydrogen) atoms. The maximum absolute atomic E-state index is 11.5. The fraction of sp³-hybridized carbons (Fsp3) is 0.545. The Kier molecular flexibility index (Phi) is 4.56. The van der Waals surface area contributed by atoms with Crippen molar-refractivity contribution in [3.05, 3.63) is 17.0 Å². The van der Waals surface area contributed by atoms with E-state index in [0.717, 1.165) is 28.7 Å². The van der Waals surface area contributed by atoms with E-state index in [2.05, 4.69) is 10.6 Å². The molecular weight excluding hydrogens is 286 g/mol. The minimum atomic E-state index is -3.64. The van der Waals surface area contributed by atoms with Crippen LogP contribution in [0.3, 0.4) is 0 Å². The lowest BCUT2D eigenvalue weighted by molar-refractivity contribution is -0.120. The van der Waals surface area contributed by atoms with E-state index in [0.29, 0.717) is 13.1 Å². The number of thiophene rings is 1. The van der Waals surface area contributed by atoms with E-state index >= 15 is 0 Å². The van der Waals surface area contributed by atoms with Crippen molar-refractivity contribution in [2.75, 3.05) is 13.1 Å². The van der Waals surface area contributed by atoms with Gasteiger partial charge < -0.3 is 10.6 Å². The summed E-state index contributed by atoms with van der Waals surface area (Å²) in [6.45, 7) is 1.51. The zero-order valence-corrected chi connectivity index (χ0v) is 12.0. The monoisotopic (exact) mass is 303 g/mol. The molecule has 0 saturated heterocycles. The maximum Gasteiger partial charge on any atom is 0.247 e. The largest absolute Gasteiger partial charge is 0.350 e. The van der Waals surface area contributed by atoms with Gasteiger partial charge in [-0.3, -0.25) is 4.79 Å². The minimum Gasteiger partial charge on any atom is -0.350 e. The first-order chi connectivity index (χ1) is 8.95. The molecule has 0 bridgehead atoms. The molecule has 1 saturated carbocycles. The number of hydrogen-bond acceptors (Lipinski definition) is 5. The van der Waals surface area contributed by atoms with Crippen molar-refractivity contribution in [3.8, 4) is 0 Å². The number of nitrogens with one attached hydrogen (secondary N) is 2. The van der Waals surface area contributed by atoms with Crippen LogP contribution in [-0.2, 0) is 21.4 Å². The molecule has 1 aromatic rings. The molecular formula is C11H17N3O3S2. The van der Waals surface area contributed by atoms with E-state index in [4.69, 9.17) is 5.14 Å². The van der Waals surface area contributed by atoms with Gasteiger partial charge in [0.05, 0.1) is 13.1 Å². The number of carbonyl (C=O) groups excluding carboxylic acids is 1. The third-order valence-corrected chi connectivity index (χ3v) is 5.32. The topological polar surface area (TPSA) is 101 Å². The van der Waals surface area contributed by atoms with Gasteiger partial charge in [0, 0.05) is 4.88 Å². The van der Waals surface area contributed by atoms with Gasteiger partial charge in [-0.1, -0.05) is 0 Å². The molecule has 6 nitrogen and oxygen atoms in total. The first kappa shape index (κ1) is 14.4. The molecule has 8 heteroatoms. The lowest BCUT2D eigenvalue weighted by atomic mass is 10.4. The van der Waals surface area contributed by atoms with Crippen LogP contribution in [0.1, 0.15) is 17.7 Å². The number of hydrogen-bond donors (Lipinski definition) is 3. The van der Waals surface area contributed by atoms with Gasteiger partial charge in [0.25, 0.3) is 0 Å². The summed E-state index contributed by atoms with van der Waals surface area (Å²) in [5.74, 6) is 0.647. The Hall–Kier alpha value is -0.960. The molecule has 0 unspecified atom stereocenters. The SMILES string of the molecule is NS(=O)(=O)c1ccc(CNC(=O)CNCC2CC2)s1. The Labute approximate surface area is 116 Å². The van der Waals surface area contributed by atoms with Crippen LogP contribution in [0.2, 0.25) is 0 Å². The fourth-order valence-electron chi connectivity index (χ4n) is 1.57. The third kappa shape index (κ3) is 4.90. The van der Waals surface area contributed by atoms with Crippen molar-refractivity contribution < 1.29 is 13.2 Å². The van der Waals surface area contributed by atoms with Crippen molar-refractivity contribution in [3.63, 3.8) is 0 Å². The smallest absolute Gasteiger partial charge is 0.247 e. The molecule has 0 spiro atoms. The van der Waals surface area contributed by atoms with E-state index in [1.54, 1.807) is 6.07 Å². The summed E-state index contributed by atoms with van der Waals surface area (Å²) < 4.78 is 22.3. The van der Waals surface area contributed by atoms with Gasteiger partial charge in [-0.15, -0.1) is 11.3 Å². The van der Waals surface area contributed by atoms with Crippen LogP contribution < -0.4 is 15.8 Å². The van der Waals surface area contributed by atoms with E-state index in [9.17, 15) is 13.2 Å². The molecule has 4 N–H and O–H groups in total. The van der Waals surface area contributed by atoms with E-state index in [1.165, 1.54) is 18.9 Å². The van der Waals surface area contributed by atoms with E-state index < -0.39 is 10.0 Å². The first-order valence-electron chi connectivity index (χ1n) is 6.04. The quantitative estimate of drug-likeness (QED) is 0.660. The van der Waals surface area contributed by atoms with Gasteiger partial charge in [-0.25, -0.2) is 13.6 Å². The number of carbonyl (C=O) groups is 1. The summed E-state index contributed by atoms with van der Waals surface area (Å²) in [7, 11) is -3.64. The fourth-order valence-corrected chi connectivity index (χ4v) is 3.28. The predicted molar refractivity (Wildman–Crippen MR) is 73.1 cm³/mol. The second-order valence-corrected chi connectivity index (χ2v) is 7.57. The maximum atomic E-state index is 11.5. The van der Waals surface area contributed by atoms with Crippen molar-refractivity contribution in [1.29, 1.82) is 0 Å². The van der Waals surface area contributed by atoms with Crippen LogP contribution in [0.5, 0.6) is 0 Å². The molecule has 0 radical (unpaired) electrons. The Morgan fingerprint density at radius 3 is 2.74 bits per heavy atom. The van der Waals surface area contributed by atoms with Crippen LogP contribution in [0.25, 0.3) is 0 Å². The van der Waals surface area contributed by atoms with E-state index in [-0.39, 0.29) is 10.1 Å². The van der Waals surface area contributed by atoms with Gasteiger partial charge in [0.2, 0.25) is 15.9 Å². The lowest BCUT2D eigenvalue weighted by Crippen LogP contribution is -2.34.